The minimum absolute atomic E-state index is 0.000149. The van der Waals surface area contributed by atoms with Crippen molar-refractivity contribution in [1.82, 2.24) is 9.97 Å². The molecule has 0 bridgehead atoms. The number of benzene rings is 3. The zero-order valence-corrected chi connectivity index (χ0v) is 23.9. The Balaban J connectivity index is 1.53. The number of anilines is 2. The first kappa shape index (κ1) is 27.5. The molecule has 0 spiro atoms. The van der Waals surface area contributed by atoms with Gasteiger partial charge in [-0.25, -0.2) is 9.97 Å². The number of ether oxygens (including phenoxy) is 2. The van der Waals surface area contributed by atoms with Crippen molar-refractivity contribution in [2.45, 2.75) is 51.8 Å². The zero-order valence-electron chi connectivity index (χ0n) is 23.1. The summed E-state index contributed by atoms with van der Waals surface area (Å²) in [5, 5.41) is 4.11. The lowest BCUT2D eigenvalue weighted by molar-refractivity contribution is -0.118. The molecular formula is C32H33ClN4O3. The van der Waals surface area contributed by atoms with Crippen molar-refractivity contribution in [3.8, 4) is 11.5 Å². The Morgan fingerprint density at radius 1 is 1.05 bits per heavy atom. The van der Waals surface area contributed by atoms with Gasteiger partial charge in [-0.3, -0.25) is 4.79 Å². The zero-order chi connectivity index (χ0) is 28.2. The Kier molecular flexibility index (Phi) is 8.21. The summed E-state index contributed by atoms with van der Waals surface area (Å²) >= 11 is 6.24. The number of halogens is 1. The van der Waals surface area contributed by atoms with E-state index in [0.29, 0.717) is 16.5 Å². The number of aromatic nitrogens is 2. The normalized spacial score (nSPS) is 16.2. The van der Waals surface area contributed by atoms with E-state index < -0.39 is 0 Å². The molecule has 206 valence electrons. The summed E-state index contributed by atoms with van der Waals surface area (Å²) < 4.78 is 11.9. The van der Waals surface area contributed by atoms with Crippen LogP contribution in [0.25, 0.3) is 0 Å². The molecule has 0 saturated heterocycles. The van der Waals surface area contributed by atoms with E-state index in [1.165, 1.54) is 0 Å². The lowest BCUT2D eigenvalue weighted by Crippen LogP contribution is -2.41. The highest BCUT2D eigenvalue weighted by molar-refractivity contribution is 6.30. The maximum atomic E-state index is 13.8. The molecule has 7 nitrogen and oxygen atoms in total. The van der Waals surface area contributed by atoms with Crippen LogP contribution in [0.5, 0.6) is 11.5 Å². The molecule has 2 unspecified atom stereocenters. The monoisotopic (exact) mass is 556 g/mol. The standard InChI is InChI=1S/C32H33ClN4O3/c1-5-20(2)40-30-18-27-23(16-29(30)39-4)17-31(38)37(32(27)22-6-8-24(33)9-7-22)26-12-10-25(11-13-26)36-21(3)28-14-15-34-19-35-28/h6-16,18-21,32,36H,5,17H2,1-4H3/t20-,21?,32?/m1/s1. The van der Waals surface area contributed by atoms with Gasteiger partial charge in [0.1, 0.15) is 6.33 Å². The molecule has 0 fully saturated rings. The third-order valence-corrected chi connectivity index (χ3v) is 7.51. The second kappa shape index (κ2) is 12.0. The lowest BCUT2D eigenvalue weighted by Gasteiger charge is -2.38. The summed E-state index contributed by atoms with van der Waals surface area (Å²) in [6, 6.07) is 21.1. The Morgan fingerprint density at radius 3 is 2.45 bits per heavy atom. The molecule has 40 heavy (non-hydrogen) atoms. The van der Waals surface area contributed by atoms with Crippen LogP contribution in [0, 0.1) is 0 Å². The molecule has 3 atom stereocenters. The molecule has 0 radical (unpaired) electrons. The Bertz CT molecular complexity index is 1460. The molecule has 1 N–H and O–H groups in total. The first-order valence-corrected chi connectivity index (χ1v) is 13.8. The predicted molar refractivity (Wildman–Crippen MR) is 158 cm³/mol. The fourth-order valence-electron chi connectivity index (χ4n) is 4.97. The topological polar surface area (TPSA) is 76.6 Å². The van der Waals surface area contributed by atoms with E-state index in [-0.39, 0.29) is 30.5 Å². The summed E-state index contributed by atoms with van der Waals surface area (Å²) in [5.74, 6) is 1.30. The van der Waals surface area contributed by atoms with Crippen LogP contribution in [0.4, 0.5) is 11.4 Å². The van der Waals surface area contributed by atoms with E-state index in [1.807, 2.05) is 85.5 Å². The third kappa shape index (κ3) is 5.75. The fraction of sp³-hybridized carbons (Fsp3) is 0.281. The minimum atomic E-state index is -0.363. The smallest absolute Gasteiger partial charge is 0.232 e. The van der Waals surface area contributed by atoms with E-state index in [2.05, 4.69) is 22.2 Å². The van der Waals surface area contributed by atoms with Gasteiger partial charge in [0, 0.05) is 22.6 Å². The van der Waals surface area contributed by atoms with Crippen LogP contribution < -0.4 is 19.7 Å². The molecule has 8 heteroatoms. The molecule has 0 saturated carbocycles. The van der Waals surface area contributed by atoms with Crippen LogP contribution in [0.2, 0.25) is 5.02 Å². The molecule has 4 aromatic rings. The molecule has 5 rings (SSSR count). The number of hydrogen-bond donors (Lipinski definition) is 1. The van der Waals surface area contributed by atoms with Crippen LogP contribution in [0.15, 0.2) is 79.3 Å². The van der Waals surface area contributed by atoms with Crippen LogP contribution in [0.1, 0.15) is 61.7 Å². The number of carbonyl (C=O) groups excluding carboxylic acids is 1. The van der Waals surface area contributed by atoms with Gasteiger partial charge in [0.25, 0.3) is 0 Å². The highest BCUT2D eigenvalue weighted by atomic mass is 35.5. The van der Waals surface area contributed by atoms with Crippen LogP contribution in [0.3, 0.4) is 0 Å². The van der Waals surface area contributed by atoms with Gasteiger partial charge >= 0.3 is 0 Å². The second-order valence-corrected chi connectivity index (χ2v) is 10.4. The number of fused-ring (bicyclic) bond motifs is 1. The first-order valence-electron chi connectivity index (χ1n) is 13.5. The predicted octanol–water partition coefficient (Wildman–Crippen LogP) is 7.17. The SMILES string of the molecule is CC[C@@H](C)Oc1cc2c(cc1OC)CC(=O)N(c1ccc(NC(C)c3ccncn3)cc1)C2c1ccc(Cl)cc1. The Morgan fingerprint density at radius 2 is 1.80 bits per heavy atom. The molecular weight excluding hydrogens is 524 g/mol. The van der Waals surface area contributed by atoms with Crippen molar-refractivity contribution in [2.75, 3.05) is 17.3 Å². The van der Waals surface area contributed by atoms with Gasteiger partial charge in [-0.2, -0.15) is 0 Å². The van der Waals surface area contributed by atoms with Crippen LogP contribution >= 0.6 is 11.6 Å². The van der Waals surface area contributed by atoms with E-state index in [0.717, 1.165) is 40.2 Å². The number of nitrogens with one attached hydrogen (secondary N) is 1. The largest absolute Gasteiger partial charge is 0.493 e. The van der Waals surface area contributed by atoms with Crippen molar-refractivity contribution in [1.29, 1.82) is 0 Å². The molecule has 1 aliphatic rings. The van der Waals surface area contributed by atoms with E-state index in [9.17, 15) is 4.79 Å². The highest BCUT2D eigenvalue weighted by Crippen LogP contribution is 2.44. The summed E-state index contributed by atoms with van der Waals surface area (Å²) in [4.78, 5) is 24.0. The number of carbonyl (C=O) groups is 1. The molecule has 0 aliphatic carbocycles. The number of amides is 1. The lowest BCUT2D eigenvalue weighted by atomic mass is 9.86. The number of hydrogen-bond acceptors (Lipinski definition) is 6. The third-order valence-electron chi connectivity index (χ3n) is 7.25. The van der Waals surface area contributed by atoms with Crippen molar-refractivity contribution in [3.63, 3.8) is 0 Å². The quantitative estimate of drug-likeness (QED) is 0.235. The summed E-state index contributed by atoms with van der Waals surface area (Å²) in [7, 11) is 1.63. The Labute approximate surface area is 240 Å². The second-order valence-electron chi connectivity index (χ2n) is 9.98. The maximum Gasteiger partial charge on any atom is 0.232 e. The number of rotatable bonds is 9. The van der Waals surface area contributed by atoms with Gasteiger partial charge in [-0.1, -0.05) is 30.7 Å². The summed E-state index contributed by atoms with van der Waals surface area (Å²) in [5.41, 5.74) is 5.51. The summed E-state index contributed by atoms with van der Waals surface area (Å²) in [6.07, 6.45) is 4.41. The van der Waals surface area contributed by atoms with Crippen LogP contribution in [-0.4, -0.2) is 29.1 Å². The number of nitrogens with zero attached hydrogens (tertiary/aromatic N) is 3. The van der Waals surface area contributed by atoms with E-state index in [1.54, 1.807) is 19.6 Å². The molecule has 3 aromatic carbocycles. The number of methoxy groups -OCH3 is 1. The van der Waals surface area contributed by atoms with Crippen molar-refractivity contribution in [2.24, 2.45) is 0 Å². The molecule has 1 amide bonds. The summed E-state index contributed by atoms with van der Waals surface area (Å²) in [6.45, 7) is 6.16. The molecule has 2 heterocycles. The van der Waals surface area contributed by atoms with Gasteiger partial charge in [-0.15, -0.1) is 0 Å². The van der Waals surface area contributed by atoms with Crippen molar-refractivity contribution < 1.29 is 14.3 Å². The highest BCUT2D eigenvalue weighted by Gasteiger charge is 2.36. The first-order chi connectivity index (χ1) is 19.4. The van der Waals surface area contributed by atoms with E-state index in [4.69, 9.17) is 21.1 Å². The molecule has 1 aliphatic heterocycles. The Hall–Kier alpha value is -4.10. The minimum Gasteiger partial charge on any atom is -0.493 e. The maximum absolute atomic E-state index is 13.8. The van der Waals surface area contributed by atoms with Crippen molar-refractivity contribution >= 4 is 28.9 Å². The van der Waals surface area contributed by atoms with Gasteiger partial charge in [0.15, 0.2) is 11.5 Å². The van der Waals surface area contributed by atoms with Crippen LogP contribution in [-0.2, 0) is 11.2 Å². The van der Waals surface area contributed by atoms with Gasteiger partial charge < -0.3 is 19.7 Å². The van der Waals surface area contributed by atoms with Gasteiger partial charge in [0.05, 0.1) is 37.4 Å². The fourth-order valence-corrected chi connectivity index (χ4v) is 5.10. The average Bonchev–Trinajstić information content (AvgIpc) is 2.97. The molecule has 1 aromatic heterocycles. The van der Waals surface area contributed by atoms with Crippen molar-refractivity contribution in [3.05, 3.63) is 107 Å². The van der Waals surface area contributed by atoms with E-state index >= 15 is 0 Å². The average molecular weight is 557 g/mol. The van der Waals surface area contributed by atoms with Gasteiger partial charge in [-0.05, 0) is 91.6 Å². The van der Waals surface area contributed by atoms with Gasteiger partial charge in [0.2, 0.25) is 5.91 Å².